The predicted molar refractivity (Wildman–Crippen MR) is 79.4 cm³/mol. The van der Waals surface area contributed by atoms with Crippen molar-refractivity contribution in [1.82, 2.24) is 0 Å². The van der Waals surface area contributed by atoms with Crippen molar-refractivity contribution in [2.75, 3.05) is 18.7 Å². The van der Waals surface area contributed by atoms with Gasteiger partial charge in [0.2, 0.25) is 5.90 Å². The number of ether oxygens (including phenoxy) is 2. The topological polar surface area (TPSA) is 51.1 Å². The van der Waals surface area contributed by atoms with Crippen LogP contribution in [0.15, 0.2) is 53.6 Å². The number of carbonyl (C=O) groups is 1. The molecule has 2 aromatic rings. The Morgan fingerprint density at radius 2 is 1.91 bits per heavy atom. The van der Waals surface area contributed by atoms with E-state index in [4.69, 9.17) is 9.47 Å². The van der Waals surface area contributed by atoms with E-state index >= 15 is 0 Å². The Balaban J connectivity index is 2.05. The third-order valence-corrected chi connectivity index (χ3v) is 3.18. The van der Waals surface area contributed by atoms with Gasteiger partial charge in [-0.1, -0.05) is 24.3 Å². The molecular formula is C16H13FN2O3. The summed E-state index contributed by atoms with van der Waals surface area (Å²) < 4.78 is 24.5. The van der Waals surface area contributed by atoms with Crippen LogP contribution in [0.3, 0.4) is 0 Å². The Kier molecular flexibility index (Phi) is 3.74. The van der Waals surface area contributed by atoms with Crippen LogP contribution in [-0.4, -0.2) is 25.5 Å². The summed E-state index contributed by atoms with van der Waals surface area (Å²) in [6.07, 6.45) is 0. The van der Waals surface area contributed by atoms with E-state index in [1.54, 1.807) is 30.3 Å². The molecule has 0 bridgehead atoms. The van der Waals surface area contributed by atoms with E-state index < -0.39 is 11.7 Å². The van der Waals surface area contributed by atoms with Crippen molar-refractivity contribution in [1.29, 1.82) is 0 Å². The van der Waals surface area contributed by atoms with E-state index in [2.05, 4.69) is 5.10 Å². The molecule has 0 saturated heterocycles. The number of para-hydroxylation sites is 2. The second-order valence-electron chi connectivity index (χ2n) is 4.55. The molecule has 1 aliphatic heterocycles. The summed E-state index contributed by atoms with van der Waals surface area (Å²) in [7, 11) is 1.53. The number of anilines is 1. The number of carbonyl (C=O) groups excluding carboxylic acids is 1. The lowest BCUT2D eigenvalue weighted by molar-refractivity contribution is -0.121. The van der Waals surface area contributed by atoms with Gasteiger partial charge in [-0.15, -0.1) is 5.10 Å². The van der Waals surface area contributed by atoms with E-state index in [9.17, 15) is 9.18 Å². The maximum Gasteiger partial charge on any atom is 0.285 e. The summed E-state index contributed by atoms with van der Waals surface area (Å²) in [4.78, 5) is 12.0. The molecule has 0 fully saturated rings. The molecule has 22 heavy (non-hydrogen) atoms. The zero-order valence-electron chi connectivity index (χ0n) is 11.8. The van der Waals surface area contributed by atoms with Crippen LogP contribution < -0.4 is 9.75 Å². The zero-order chi connectivity index (χ0) is 15.5. The first-order chi connectivity index (χ1) is 10.7. The van der Waals surface area contributed by atoms with Crippen LogP contribution in [0.5, 0.6) is 5.75 Å². The van der Waals surface area contributed by atoms with Crippen molar-refractivity contribution in [3.05, 3.63) is 59.9 Å². The Bertz CT molecular complexity index is 746. The van der Waals surface area contributed by atoms with Crippen molar-refractivity contribution < 1.29 is 18.7 Å². The molecule has 3 rings (SSSR count). The third kappa shape index (κ3) is 2.50. The Labute approximate surface area is 126 Å². The Morgan fingerprint density at radius 1 is 1.18 bits per heavy atom. The largest absolute Gasteiger partial charge is 0.496 e. The lowest BCUT2D eigenvalue weighted by atomic mass is 10.2. The van der Waals surface area contributed by atoms with Gasteiger partial charge in [0, 0.05) is 0 Å². The van der Waals surface area contributed by atoms with Crippen LogP contribution in [0.25, 0.3) is 0 Å². The first-order valence-corrected chi connectivity index (χ1v) is 6.63. The molecule has 0 saturated carbocycles. The molecule has 1 heterocycles. The van der Waals surface area contributed by atoms with Gasteiger partial charge in [0.05, 0.1) is 12.7 Å². The molecule has 0 aromatic heterocycles. The van der Waals surface area contributed by atoms with Crippen molar-refractivity contribution >= 4 is 17.5 Å². The van der Waals surface area contributed by atoms with E-state index in [0.717, 1.165) is 5.01 Å². The van der Waals surface area contributed by atoms with Crippen molar-refractivity contribution in [2.24, 2.45) is 5.10 Å². The van der Waals surface area contributed by atoms with Crippen molar-refractivity contribution in [3.63, 3.8) is 0 Å². The van der Waals surface area contributed by atoms with Gasteiger partial charge in [-0.05, 0) is 24.3 Å². The molecule has 0 radical (unpaired) electrons. The average Bonchev–Trinajstić information content (AvgIpc) is 2.56. The summed E-state index contributed by atoms with van der Waals surface area (Å²) in [5, 5.41) is 5.15. The number of hydrogen-bond acceptors (Lipinski definition) is 4. The smallest absolute Gasteiger partial charge is 0.285 e. The summed E-state index contributed by atoms with van der Waals surface area (Å²) in [5.74, 6) is -0.200. The minimum Gasteiger partial charge on any atom is -0.496 e. The molecule has 0 N–H and O–H groups in total. The summed E-state index contributed by atoms with van der Waals surface area (Å²) in [6, 6.07) is 13.1. The molecule has 112 valence electrons. The second kappa shape index (κ2) is 5.85. The third-order valence-electron chi connectivity index (χ3n) is 3.18. The number of benzene rings is 2. The van der Waals surface area contributed by atoms with Crippen LogP contribution in [0.2, 0.25) is 0 Å². The predicted octanol–water partition coefficient (Wildman–Crippen LogP) is 2.56. The summed E-state index contributed by atoms with van der Waals surface area (Å²) in [5.41, 5.74) is 0.682. The molecule has 0 spiro atoms. The number of methoxy groups -OCH3 is 1. The fourth-order valence-corrected chi connectivity index (χ4v) is 2.13. The number of hydrogen-bond donors (Lipinski definition) is 0. The van der Waals surface area contributed by atoms with E-state index in [-0.39, 0.29) is 18.2 Å². The van der Waals surface area contributed by atoms with E-state index in [1.165, 1.54) is 19.2 Å². The van der Waals surface area contributed by atoms with E-state index in [1.807, 2.05) is 6.07 Å². The van der Waals surface area contributed by atoms with Gasteiger partial charge in [0.15, 0.2) is 6.61 Å². The van der Waals surface area contributed by atoms with E-state index in [0.29, 0.717) is 11.3 Å². The number of rotatable bonds is 3. The van der Waals surface area contributed by atoms with Gasteiger partial charge in [-0.25, -0.2) is 4.39 Å². The summed E-state index contributed by atoms with van der Waals surface area (Å²) in [6.45, 7) is -0.217. The molecule has 5 nitrogen and oxygen atoms in total. The van der Waals surface area contributed by atoms with Crippen LogP contribution >= 0.6 is 0 Å². The number of amides is 1. The lowest BCUT2D eigenvalue weighted by Gasteiger charge is -2.24. The second-order valence-corrected chi connectivity index (χ2v) is 4.55. The molecule has 0 aliphatic carbocycles. The highest BCUT2D eigenvalue weighted by Gasteiger charge is 2.27. The lowest BCUT2D eigenvalue weighted by Crippen LogP contribution is -2.37. The van der Waals surface area contributed by atoms with Crippen LogP contribution in [-0.2, 0) is 9.53 Å². The highest BCUT2D eigenvalue weighted by Crippen LogP contribution is 2.25. The van der Waals surface area contributed by atoms with Gasteiger partial charge in [0.25, 0.3) is 5.91 Å². The van der Waals surface area contributed by atoms with Gasteiger partial charge < -0.3 is 9.47 Å². The standard InChI is InChI=1S/C16H13FN2O3/c1-21-14-9-5-2-6-11(14)16-18-19(15(20)10-22-16)13-8-4-3-7-12(13)17/h2-9H,10H2,1H3. The average molecular weight is 300 g/mol. The molecular weight excluding hydrogens is 287 g/mol. The Hall–Kier alpha value is -2.89. The fourth-order valence-electron chi connectivity index (χ4n) is 2.13. The number of nitrogens with zero attached hydrogens (tertiary/aromatic N) is 2. The van der Waals surface area contributed by atoms with Crippen LogP contribution in [0, 0.1) is 5.82 Å². The van der Waals surface area contributed by atoms with Gasteiger partial charge >= 0.3 is 0 Å². The minimum absolute atomic E-state index is 0.0863. The van der Waals surface area contributed by atoms with Crippen LogP contribution in [0.4, 0.5) is 10.1 Å². The first kappa shape index (κ1) is 14.1. The zero-order valence-corrected chi connectivity index (χ0v) is 11.8. The monoisotopic (exact) mass is 300 g/mol. The minimum atomic E-state index is -0.527. The first-order valence-electron chi connectivity index (χ1n) is 6.63. The SMILES string of the molecule is COc1ccccc1C1=NN(c2ccccc2F)C(=O)CO1. The molecule has 2 aromatic carbocycles. The normalized spacial score (nSPS) is 14.4. The van der Waals surface area contributed by atoms with Crippen molar-refractivity contribution in [3.8, 4) is 5.75 Å². The molecule has 0 atom stereocenters. The highest BCUT2D eigenvalue weighted by molar-refractivity contribution is 6.05. The van der Waals surface area contributed by atoms with Crippen molar-refractivity contribution in [2.45, 2.75) is 0 Å². The molecule has 1 amide bonds. The maximum absolute atomic E-state index is 13.9. The quantitative estimate of drug-likeness (QED) is 0.875. The fraction of sp³-hybridized carbons (Fsp3) is 0.125. The Morgan fingerprint density at radius 3 is 2.68 bits per heavy atom. The van der Waals surface area contributed by atoms with Crippen LogP contribution in [0.1, 0.15) is 5.56 Å². The van der Waals surface area contributed by atoms with Gasteiger partial charge in [0.1, 0.15) is 17.3 Å². The highest BCUT2D eigenvalue weighted by atomic mass is 19.1. The van der Waals surface area contributed by atoms with Gasteiger partial charge in [-0.2, -0.15) is 5.01 Å². The number of hydrazone groups is 1. The molecule has 0 unspecified atom stereocenters. The molecule has 1 aliphatic rings. The summed E-state index contributed by atoms with van der Waals surface area (Å²) >= 11 is 0. The molecule has 6 heteroatoms. The number of halogens is 1. The maximum atomic E-state index is 13.9. The van der Waals surface area contributed by atoms with Gasteiger partial charge in [-0.3, -0.25) is 4.79 Å².